The van der Waals surface area contributed by atoms with Crippen LogP contribution in [0.25, 0.3) is 0 Å². The Morgan fingerprint density at radius 3 is 2.44 bits per heavy atom. The van der Waals surface area contributed by atoms with Gasteiger partial charge >= 0.3 is 0 Å². The first-order valence-electron chi connectivity index (χ1n) is 6.87. The normalized spacial score (nSPS) is 16.8. The highest BCUT2D eigenvalue weighted by molar-refractivity contribution is 7.80. The summed E-state index contributed by atoms with van der Waals surface area (Å²) in [6.07, 6.45) is 6.45. The number of thiol groups is 1. The Balaban J connectivity index is 2.32. The molecule has 0 spiro atoms. The van der Waals surface area contributed by atoms with Gasteiger partial charge in [0.05, 0.1) is 0 Å². The molecule has 1 aliphatic carbocycles. The molecule has 1 aromatic carbocycles. The lowest BCUT2D eigenvalue weighted by Gasteiger charge is -2.24. The molecule has 0 N–H and O–H groups in total. The van der Waals surface area contributed by atoms with Gasteiger partial charge in [0.25, 0.3) is 0 Å². The van der Waals surface area contributed by atoms with E-state index in [0.29, 0.717) is 0 Å². The van der Waals surface area contributed by atoms with Crippen LogP contribution in [0.15, 0.2) is 27.8 Å². The molecule has 1 saturated carbocycles. The van der Waals surface area contributed by atoms with E-state index in [2.05, 4.69) is 50.8 Å². The minimum absolute atomic E-state index is 1.15. The van der Waals surface area contributed by atoms with Crippen LogP contribution in [0.2, 0.25) is 13.1 Å². The Bertz CT molecular complexity index is 458. The summed E-state index contributed by atoms with van der Waals surface area (Å²) in [6, 6.07) is 6.48. The topological polar surface area (TPSA) is 12.4 Å². The van der Waals surface area contributed by atoms with E-state index in [4.69, 9.17) is 4.66 Å². The van der Waals surface area contributed by atoms with E-state index < -0.39 is 8.24 Å². The second-order valence-electron chi connectivity index (χ2n) is 5.77. The summed E-state index contributed by atoms with van der Waals surface area (Å²) in [7, 11) is -1.73. The summed E-state index contributed by atoms with van der Waals surface area (Å²) in [6.45, 7) is 6.80. The summed E-state index contributed by atoms with van der Waals surface area (Å²) < 4.78 is 5.15. The first-order chi connectivity index (χ1) is 8.50. The quantitative estimate of drug-likeness (QED) is 0.617. The molecule has 1 nitrogen and oxygen atoms in total. The first-order valence-corrected chi connectivity index (χ1v) is 10.3. The molecule has 0 aliphatic heterocycles. The van der Waals surface area contributed by atoms with Gasteiger partial charge in [0.1, 0.15) is 0 Å². The van der Waals surface area contributed by atoms with Crippen molar-refractivity contribution in [2.75, 3.05) is 0 Å². The lowest BCUT2D eigenvalue weighted by molar-refractivity contribution is 0.667. The monoisotopic (exact) mass is 277 g/mol. The summed E-state index contributed by atoms with van der Waals surface area (Å²) in [4.78, 5) is 1.15. The van der Waals surface area contributed by atoms with Gasteiger partial charge in [-0.3, -0.25) is 0 Å². The van der Waals surface area contributed by atoms with Crippen LogP contribution in [0.4, 0.5) is 0 Å². The van der Waals surface area contributed by atoms with E-state index in [9.17, 15) is 0 Å². The molecule has 0 radical (unpaired) electrons. The summed E-state index contributed by atoms with van der Waals surface area (Å²) in [5, 5.41) is 1.38. The number of nitrogens with zero attached hydrogens (tertiary/aromatic N) is 1. The molecule has 0 amide bonds. The molecule has 0 saturated heterocycles. The highest BCUT2D eigenvalue weighted by Gasteiger charge is 2.26. The van der Waals surface area contributed by atoms with E-state index in [1.165, 1.54) is 48.6 Å². The van der Waals surface area contributed by atoms with Gasteiger partial charge in [-0.05, 0) is 56.5 Å². The minimum atomic E-state index is -1.73. The zero-order chi connectivity index (χ0) is 13.2. The molecule has 0 unspecified atom stereocenters. The van der Waals surface area contributed by atoms with Gasteiger partial charge in [-0.15, -0.1) is 12.6 Å². The Hall–Kier alpha value is -0.543. The fourth-order valence-electron chi connectivity index (χ4n) is 2.68. The van der Waals surface area contributed by atoms with Gasteiger partial charge in [-0.25, -0.2) is 0 Å². The van der Waals surface area contributed by atoms with Crippen molar-refractivity contribution in [3.8, 4) is 0 Å². The maximum Gasteiger partial charge on any atom is 0.206 e. The Labute approximate surface area is 117 Å². The summed E-state index contributed by atoms with van der Waals surface area (Å²) in [5.74, 6) is 0. The predicted molar refractivity (Wildman–Crippen MR) is 86.1 cm³/mol. The zero-order valence-electron chi connectivity index (χ0n) is 11.7. The van der Waals surface area contributed by atoms with Crippen molar-refractivity contribution in [2.24, 2.45) is 4.66 Å². The van der Waals surface area contributed by atoms with Crippen LogP contribution in [0.1, 0.15) is 37.7 Å². The van der Waals surface area contributed by atoms with Gasteiger partial charge in [-0.2, -0.15) is 0 Å². The van der Waals surface area contributed by atoms with Gasteiger partial charge in [-0.1, -0.05) is 24.6 Å². The summed E-state index contributed by atoms with van der Waals surface area (Å²) >= 11 is 4.69. The van der Waals surface area contributed by atoms with Crippen molar-refractivity contribution in [1.82, 2.24) is 0 Å². The van der Waals surface area contributed by atoms with E-state index in [1.807, 2.05) is 0 Å². The largest absolute Gasteiger partial charge is 0.324 e. The molecule has 3 heteroatoms. The molecule has 2 rings (SSSR count). The molecular formula is C15H23NSSi. The fourth-order valence-corrected chi connectivity index (χ4v) is 6.07. The highest BCUT2D eigenvalue weighted by Crippen LogP contribution is 2.20. The van der Waals surface area contributed by atoms with Crippen molar-refractivity contribution in [3.05, 3.63) is 23.8 Å². The fraction of sp³-hybridized carbons (Fsp3) is 0.533. The van der Waals surface area contributed by atoms with E-state index in [1.54, 1.807) is 0 Å². The Morgan fingerprint density at radius 1 is 1.11 bits per heavy atom. The zero-order valence-corrected chi connectivity index (χ0v) is 13.6. The average molecular weight is 278 g/mol. The predicted octanol–water partition coefficient (Wildman–Crippen LogP) is 4.10. The van der Waals surface area contributed by atoms with Crippen molar-refractivity contribution in [3.63, 3.8) is 0 Å². The second kappa shape index (κ2) is 5.62. The van der Waals surface area contributed by atoms with Crippen molar-refractivity contribution in [1.29, 1.82) is 0 Å². The third-order valence-electron chi connectivity index (χ3n) is 3.77. The third kappa shape index (κ3) is 3.07. The molecule has 0 heterocycles. The van der Waals surface area contributed by atoms with Crippen LogP contribution in [0, 0.1) is 6.92 Å². The lowest BCUT2D eigenvalue weighted by atomic mass is 9.99. The molecule has 0 atom stereocenters. The molecular weight excluding hydrogens is 254 g/mol. The van der Waals surface area contributed by atoms with Gasteiger partial charge < -0.3 is 4.66 Å². The number of hydrogen-bond acceptors (Lipinski definition) is 2. The molecule has 98 valence electrons. The second-order valence-corrected chi connectivity index (χ2v) is 10.1. The summed E-state index contributed by atoms with van der Waals surface area (Å²) in [5.41, 5.74) is 2.72. The molecule has 18 heavy (non-hydrogen) atoms. The smallest absolute Gasteiger partial charge is 0.206 e. The minimum Gasteiger partial charge on any atom is -0.324 e. The standard InChI is InChI=1S/C15H23NSSi/c1-12-8-7-11-14(15(12)17)18(2,3)16-13-9-5-4-6-10-13/h7-8,11,17H,4-6,9-10H2,1-3H3. The lowest BCUT2D eigenvalue weighted by Crippen LogP contribution is -2.42. The highest BCUT2D eigenvalue weighted by atomic mass is 32.1. The van der Waals surface area contributed by atoms with Gasteiger partial charge in [0, 0.05) is 10.6 Å². The maximum atomic E-state index is 5.15. The van der Waals surface area contributed by atoms with Crippen LogP contribution in [-0.4, -0.2) is 13.9 Å². The SMILES string of the molecule is Cc1cccc([Si](C)(C)N=C2CCCCC2)c1S. The van der Waals surface area contributed by atoms with Gasteiger partial charge in [0.15, 0.2) is 0 Å². The van der Waals surface area contributed by atoms with E-state index in [-0.39, 0.29) is 0 Å². The third-order valence-corrected chi connectivity index (χ3v) is 7.18. The molecule has 1 aliphatic rings. The Morgan fingerprint density at radius 2 is 1.78 bits per heavy atom. The van der Waals surface area contributed by atoms with Crippen LogP contribution in [-0.2, 0) is 0 Å². The van der Waals surface area contributed by atoms with Crippen LogP contribution < -0.4 is 5.19 Å². The van der Waals surface area contributed by atoms with Crippen LogP contribution >= 0.6 is 12.6 Å². The number of aryl methyl sites for hydroxylation is 1. The number of hydrogen-bond donors (Lipinski definition) is 1. The Kier molecular flexibility index (Phi) is 4.33. The van der Waals surface area contributed by atoms with E-state index >= 15 is 0 Å². The van der Waals surface area contributed by atoms with Crippen LogP contribution in [0.5, 0.6) is 0 Å². The number of benzene rings is 1. The van der Waals surface area contributed by atoms with Gasteiger partial charge in [0.2, 0.25) is 8.24 Å². The first kappa shape index (κ1) is 13.9. The van der Waals surface area contributed by atoms with E-state index in [0.717, 1.165) is 4.90 Å². The molecule has 1 fully saturated rings. The average Bonchev–Trinajstić information content (AvgIpc) is 2.33. The maximum absolute atomic E-state index is 5.15. The van der Waals surface area contributed by atoms with Crippen molar-refractivity contribution < 1.29 is 0 Å². The molecule has 0 aromatic heterocycles. The van der Waals surface area contributed by atoms with Crippen molar-refractivity contribution >= 4 is 31.8 Å². The van der Waals surface area contributed by atoms with Crippen LogP contribution in [0.3, 0.4) is 0 Å². The molecule has 0 bridgehead atoms. The number of rotatable bonds is 2. The molecule has 1 aromatic rings. The van der Waals surface area contributed by atoms with Crippen molar-refractivity contribution in [2.45, 2.75) is 57.0 Å².